The molecule has 15 aromatic rings. The van der Waals surface area contributed by atoms with Crippen molar-refractivity contribution in [2.75, 3.05) is 0 Å². The smallest absolute Gasteiger partial charge is 0.164 e. The highest BCUT2D eigenvalue weighted by molar-refractivity contribution is 6.14. The SMILES string of the molecule is Cc1cc(C)c(-c2ccc3c(c2)c2cc(-c4c(C)cc(C)cc4C)ccc2n3-c2ccc(-c3nc(-c4ccccc4)nc(-c4ccccc4)n3)cc2-c2ccc(C#N)cc2-n2c3ccc(-c4c(C)cc(C)cc4C)cc3c3cc(-c4c(C)cc(C)cc4C)ccc32)c(C)c1. The molecule has 0 aliphatic heterocycles. The van der Waals surface area contributed by atoms with E-state index in [9.17, 15) is 5.26 Å². The van der Waals surface area contributed by atoms with E-state index < -0.39 is 0 Å². The third-order valence-corrected chi connectivity index (χ3v) is 19.2. The van der Waals surface area contributed by atoms with Gasteiger partial charge in [0.1, 0.15) is 0 Å². The summed E-state index contributed by atoms with van der Waals surface area (Å²) in [5.74, 6) is 1.70. The van der Waals surface area contributed by atoms with Gasteiger partial charge in [-0.25, -0.2) is 15.0 Å². The maximum atomic E-state index is 11.1. The van der Waals surface area contributed by atoms with Crippen LogP contribution in [0.2, 0.25) is 0 Å². The van der Waals surface area contributed by atoms with Crippen molar-refractivity contribution in [3.63, 3.8) is 0 Å². The lowest BCUT2D eigenvalue weighted by Gasteiger charge is -2.20. The molecule has 0 radical (unpaired) electrons. The van der Waals surface area contributed by atoms with Crippen molar-refractivity contribution < 1.29 is 0 Å². The van der Waals surface area contributed by atoms with Crippen LogP contribution < -0.4 is 0 Å². The molecule has 0 fully saturated rings. The molecule has 15 rings (SSSR count). The van der Waals surface area contributed by atoms with Crippen LogP contribution in [0, 0.1) is 94.4 Å². The van der Waals surface area contributed by atoms with Gasteiger partial charge in [-0.05, 0) is 251 Å². The summed E-state index contributed by atoms with van der Waals surface area (Å²) in [4.78, 5) is 15.8. The number of benzene rings is 12. The number of aromatic nitrogens is 5. The molecule has 0 aliphatic carbocycles. The fraction of sp³-hybridized carbons (Fsp3) is 0.136. The topological polar surface area (TPSA) is 72.3 Å². The zero-order valence-corrected chi connectivity index (χ0v) is 55.5. The van der Waals surface area contributed by atoms with Crippen LogP contribution in [0.15, 0.2) is 218 Å². The molecule has 0 saturated heterocycles. The highest BCUT2D eigenvalue weighted by Crippen LogP contribution is 2.47. The fourth-order valence-corrected chi connectivity index (χ4v) is 15.8. The first kappa shape index (κ1) is 59.1. The van der Waals surface area contributed by atoms with E-state index in [-0.39, 0.29) is 0 Å². The number of hydrogen-bond donors (Lipinski definition) is 0. The number of aryl methyl sites for hydroxylation is 12. The Morgan fingerprint density at radius 3 is 0.904 bits per heavy atom. The van der Waals surface area contributed by atoms with Crippen LogP contribution in [0.5, 0.6) is 0 Å². The Kier molecular flexibility index (Phi) is 14.5. The van der Waals surface area contributed by atoms with Crippen LogP contribution in [0.1, 0.15) is 72.3 Å². The van der Waals surface area contributed by atoms with Gasteiger partial charge >= 0.3 is 0 Å². The number of nitrogens with zero attached hydrogens (tertiary/aromatic N) is 6. The minimum Gasteiger partial charge on any atom is -0.309 e. The van der Waals surface area contributed by atoms with Crippen LogP contribution in [0.25, 0.3) is 145 Å². The van der Waals surface area contributed by atoms with Crippen LogP contribution in [0.4, 0.5) is 0 Å². The van der Waals surface area contributed by atoms with E-state index in [1.165, 1.54) is 100 Å². The lowest BCUT2D eigenvalue weighted by atomic mass is 9.91. The van der Waals surface area contributed by atoms with Crippen LogP contribution in [0.3, 0.4) is 0 Å². The fourth-order valence-electron chi connectivity index (χ4n) is 15.8. The summed E-state index contributed by atoms with van der Waals surface area (Å²) in [5.41, 5.74) is 35.7. The van der Waals surface area contributed by atoms with Gasteiger partial charge in [-0.1, -0.05) is 162 Å². The minimum atomic E-state index is 0.542. The van der Waals surface area contributed by atoms with E-state index in [1.54, 1.807) is 0 Å². The van der Waals surface area contributed by atoms with E-state index >= 15 is 0 Å². The van der Waals surface area contributed by atoms with Crippen molar-refractivity contribution in [2.45, 2.75) is 83.1 Å². The summed E-state index contributed by atoms with van der Waals surface area (Å²) < 4.78 is 4.87. The molecule has 6 nitrogen and oxygen atoms in total. The standard InChI is InChI=1S/C88H72N6/c1-50-35-54(5)82(55(6)36-50)65-24-30-77-72(44-65)73-45-66(83-56(7)37-51(2)38-57(83)8)25-31-78(73)93(77)76-34-28-69(88-91-86(63-19-15-13-16-20-63)90-87(92-88)64-21-17-14-18-22-64)48-71(76)70-29-23-62(49-89)43-81(70)94-79-32-26-67(84-58(9)39-52(3)40-59(84)10)46-74(79)75-47-68(27-33-80(75)94)85-60(11)41-53(4)42-61(85)12/h13-48H,1-12H3. The minimum absolute atomic E-state index is 0.542. The van der Waals surface area contributed by atoms with E-state index in [1.807, 2.05) is 42.5 Å². The quantitative estimate of drug-likeness (QED) is 0.137. The average molecular weight is 1210 g/mol. The summed E-state index contributed by atoms with van der Waals surface area (Å²) in [6.07, 6.45) is 0. The molecule has 6 heteroatoms. The van der Waals surface area contributed by atoms with Gasteiger partial charge < -0.3 is 9.13 Å². The summed E-state index contributed by atoms with van der Waals surface area (Å²) in [6.45, 7) is 26.6. The van der Waals surface area contributed by atoms with E-state index in [0.29, 0.717) is 23.0 Å². The van der Waals surface area contributed by atoms with Gasteiger partial charge in [-0.15, -0.1) is 0 Å². The molecular formula is C88H72N6. The van der Waals surface area contributed by atoms with Crippen molar-refractivity contribution in [3.8, 4) is 107 Å². The van der Waals surface area contributed by atoms with Gasteiger partial charge in [-0.2, -0.15) is 5.26 Å². The molecule has 0 N–H and O–H groups in total. The molecular weight excluding hydrogens is 1140 g/mol. The van der Waals surface area contributed by atoms with Crippen LogP contribution >= 0.6 is 0 Å². The number of hydrogen-bond acceptors (Lipinski definition) is 4. The van der Waals surface area contributed by atoms with E-state index in [2.05, 4.69) is 274 Å². The molecule has 0 unspecified atom stereocenters. The molecule has 0 aliphatic rings. The van der Waals surface area contributed by atoms with Crippen molar-refractivity contribution in [3.05, 3.63) is 291 Å². The van der Waals surface area contributed by atoms with Crippen molar-refractivity contribution in [2.24, 2.45) is 0 Å². The van der Waals surface area contributed by atoms with Gasteiger partial charge in [0, 0.05) is 49.4 Å². The molecule has 0 spiro atoms. The molecule has 0 amide bonds. The molecule has 12 aromatic carbocycles. The molecule has 94 heavy (non-hydrogen) atoms. The Balaban J connectivity index is 1.05. The van der Waals surface area contributed by atoms with Gasteiger partial charge in [0.05, 0.1) is 45.1 Å². The molecule has 0 saturated carbocycles. The second-order valence-electron chi connectivity index (χ2n) is 26.3. The lowest BCUT2D eigenvalue weighted by Crippen LogP contribution is -2.04. The highest BCUT2D eigenvalue weighted by atomic mass is 15.0. The first-order valence-electron chi connectivity index (χ1n) is 32.5. The summed E-state index contributed by atoms with van der Waals surface area (Å²) in [6, 6.07) is 82.2. The Morgan fingerprint density at radius 1 is 0.266 bits per heavy atom. The van der Waals surface area contributed by atoms with E-state index in [0.717, 1.165) is 93.9 Å². The predicted octanol–water partition coefficient (Wildman–Crippen LogP) is 23.0. The third kappa shape index (κ3) is 10.2. The van der Waals surface area contributed by atoms with Gasteiger partial charge in [0.2, 0.25) is 0 Å². The number of nitriles is 1. The summed E-state index contributed by atoms with van der Waals surface area (Å²) in [5, 5.41) is 15.7. The Morgan fingerprint density at radius 2 is 0.574 bits per heavy atom. The Bertz CT molecular complexity index is 5310. The monoisotopic (exact) mass is 1210 g/mol. The summed E-state index contributed by atoms with van der Waals surface area (Å²) >= 11 is 0. The number of rotatable bonds is 10. The normalized spacial score (nSPS) is 11.6. The van der Waals surface area contributed by atoms with Gasteiger partial charge in [-0.3, -0.25) is 0 Å². The number of fused-ring (bicyclic) bond motifs is 6. The highest BCUT2D eigenvalue weighted by Gasteiger charge is 2.26. The maximum absolute atomic E-state index is 11.1. The molecule has 0 bridgehead atoms. The zero-order chi connectivity index (χ0) is 65.0. The first-order chi connectivity index (χ1) is 45.5. The second-order valence-corrected chi connectivity index (χ2v) is 26.3. The largest absolute Gasteiger partial charge is 0.309 e. The predicted molar refractivity (Wildman–Crippen MR) is 394 cm³/mol. The Labute approximate surface area is 550 Å². The molecule has 0 atom stereocenters. The van der Waals surface area contributed by atoms with Gasteiger partial charge in [0.25, 0.3) is 0 Å². The molecule has 3 aromatic heterocycles. The average Bonchev–Trinajstić information content (AvgIpc) is 1.55. The second kappa shape index (κ2) is 23.1. The molecule has 3 heterocycles. The van der Waals surface area contributed by atoms with E-state index in [4.69, 9.17) is 15.0 Å². The third-order valence-electron chi connectivity index (χ3n) is 19.2. The maximum Gasteiger partial charge on any atom is 0.164 e. The van der Waals surface area contributed by atoms with Crippen LogP contribution in [-0.4, -0.2) is 24.1 Å². The van der Waals surface area contributed by atoms with Crippen molar-refractivity contribution >= 4 is 43.6 Å². The zero-order valence-electron chi connectivity index (χ0n) is 55.5. The first-order valence-corrected chi connectivity index (χ1v) is 32.5. The Hall–Kier alpha value is -11.3. The summed E-state index contributed by atoms with van der Waals surface area (Å²) in [7, 11) is 0. The van der Waals surface area contributed by atoms with Gasteiger partial charge in [0.15, 0.2) is 17.5 Å². The van der Waals surface area contributed by atoms with Crippen molar-refractivity contribution in [1.82, 2.24) is 24.1 Å². The lowest BCUT2D eigenvalue weighted by molar-refractivity contribution is 1.07. The van der Waals surface area contributed by atoms with Crippen LogP contribution in [-0.2, 0) is 0 Å². The molecule has 454 valence electrons. The van der Waals surface area contributed by atoms with Crippen molar-refractivity contribution in [1.29, 1.82) is 5.26 Å².